The lowest BCUT2D eigenvalue weighted by Crippen LogP contribution is -2.16. The van der Waals surface area contributed by atoms with E-state index in [1.807, 2.05) is 12.1 Å². The second-order valence-corrected chi connectivity index (χ2v) is 17.7. The molecule has 0 saturated carbocycles. The summed E-state index contributed by atoms with van der Waals surface area (Å²) in [4.78, 5) is 2.38. The number of hydrogen-bond donors (Lipinski definition) is 0. The van der Waals surface area contributed by atoms with E-state index in [2.05, 4.69) is 219 Å². The van der Waals surface area contributed by atoms with E-state index in [0.29, 0.717) is 0 Å². The van der Waals surface area contributed by atoms with E-state index < -0.39 is 0 Å². The minimum atomic E-state index is -0.158. The molecule has 2 aliphatic rings. The summed E-state index contributed by atoms with van der Waals surface area (Å²) in [5.74, 6) is 1.65. The van der Waals surface area contributed by atoms with Gasteiger partial charge in [0, 0.05) is 56.0 Å². The number of ether oxygens (including phenoxy) is 1. The van der Waals surface area contributed by atoms with Crippen LogP contribution in [0.4, 0.5) is 17.1 Å². The molecule has 3 nitrogen and oxygen atoms in total. The molecule has 11 aromatic rings. The van der Waals surface area contributed by atoms with E-state index in [9.17, 15) is 0 Å². The molecule has 302 valence electrons. The molecule has 1 aliphatic carbocycles. The first-order valence-electron chi connectivity index (χ1n) is 22.1. The molecule has 64 heavy (non-hydrogen) atoms. The highest BCUT2D eigenvalue weighted by atomic mass is 16.5. The Morgan fingerprint density at radius 3 is 1.84 bits per heavy atom. The van der Waals surface area contributed by atoms with E-state index in [-0.39, 0.29) is 5.41 Å². The van der Waals surface area contributed by atoms with Gasteiger partial charge in [-0.15, -0.1) is 0 Å². The Hall–Kier alpha value is -8.14. The summed E-state index contributed by atoms with van der Waals surface area (Å²) in [7, 11) is 0. The zero-order valence-corrected chi connectivity index (χ0v) is 35.5. The van der Waals surface area contributed by atoms with Gasteiger partial charge in [0.25, 0.3) is 0 Å². The molecule has 0 unspecified atom stereocenters. The second-order valence-electron chi connectivity index (χ2n) is 17.7. The Kier molecular flexibility index (Phi) is 7.95. The summed E-state index contributed by atoms with van der Waals surface area (Å²) in [5.41, 5.74) is 19.0. The summed E-state index contributed by atoms with van der Waals surface area (Å²) in [5, 5.41) is 4.58. The minimum absolute atomic E-state index is 0.158. The molecule has 1 aliphatic heterocycles. The number of benzene rings is 10. The van der Waals surface area contributed by atoms with Crippen LogP contribution >= 0.6 is 0 Å². The van der Waals surface area contributed by atoms with Crippen LogP contribution in [0.3, 0.4) is 0 Å². The molecule has 10 aromatic carbocycles. The van der Waals surface area contributed by atoms with Crippen LogP contribution in [0, 0.1) is 0 Å². The van der Waals surface area contributed by atoms with Crippen molar-refractivity contribution in [2.75, 3.05) is 4.90 Å². The molecule has 1 aromatic heterocycles. The molecule has 0 N–H and O–H groups in total. The van der Waals surface area contributed by atoms with Crippen LogP contribution in [0.1, 0.15) is 25.0 Å². The quantitative estimate of drug-likeness (QED) is 0.173. The Morgan fingerprint density at radius 1 is 0.359 bits per heavy atom. The summed E-state index contributed by atoms with van der Waals surface area (Å²) in [6, 6.07) is 76.6. The summed E-state index contributed by atoms with van der Waals surface area (Å²) in [6.07, 6.45) is 0. The van der Waals surface area contributed by atoms with Gasteiger partial charge < -0.3 is 14.1 Å². The number of nitrogens with zero attached hydrogens (tertiary/aromatic N) is 1. The summed E-state index contributed by atoms with van der Waals surface area (Å²) < 4.78 is 13.6. The largest absolute Gasteiger partial charge is 0.456 e. The fraction of sp³-hybridized carbons (Fsp3) is 0.0492. The SMILES string of the molecule is CC1(C)c2ccccc2-c2ccc(N(c3ccc(-c4cccc5c4oc4ccccc45)cc3)c3ccc4c(c3)Oc3cc5ccccc5cc3-c3cc(-c5ccccc5)ccc3-4)cc21. The fourth-order valence-electron chi connectivity index (χ4n) is 10.4. The average Bonchev–Trinajstić information content (AvgIpc) is 3.79. The molecule has 2 heterocycles. The lowest BCUT2D eigenvalue weighted by atomic mass is 9.82. The molecule has 0 atom stereocenters. The van der Waals surface area contributed by atoms with Crippen LogP contribution in [-0.2, 0) is 5.41 Å². The predicted octanol–water partition coefficient (Wildman–Crippen LogP) is 17.3. The summed E-state index contributed by atoms with van der Waals surface area (Å²) in [6.45, 7) is 4.69. The van der Waals surface area contributed by atoms with Crippen LogP contribution in [0.2, 0.25) is 0 Å². The highest BCUT2D eigenvalue weighted by Gasteiger charge is 2.36. The molecular formula is C61H41NO2. The van der Waals surface area contributed by atoms with Crippen molar-refractivity contribution in [3.05, 3.63) is 223 Å². The Morgan fingerprint density at radius 2 is 0.984 bits per heavy atom. The molecule has 3 heteroatoms. The molecule has 0 spiro atoms. The minimum Gasteiger partial charge on any atom is -0.456 e. The topological polar surface area (TPSA) is 25.6 Å². The third-order valence-electron chi connectivity index (χ3n) is 13.7. The zero-order chi connectivity index (χ0) is 42.5. The summed E-state index contributed by atoms with van der Waals surface area (Å²) >= 11 is 0. The van der Waals surface area contributed by atoms with E-state index in [0.717, 1.165) is 89.3 Å². The van der Waals surface area contributed by atoms with E-state index in [1.165, 1.54) is 38.8 Å². The fourth-order valence-corrected chi connectivity index (χ4v) is 10.4. The van der Waals surface area contributed by atoms with Gasteiger partial charge in [0.05, 0.1) is 0 Å². The lowest BCUT2D eigenvalue weighted by molar-refractivity contribution is 0.488. The van der Waals surface area contributed by atoms with Gasteiger partial charge in [-0.05, 0) is 122 Å². The van der Waals surface area contributed by atoms with Crippen molar-refractivity contribution in [2.45, 2.75) is 19.3 Å². The molecule has 13 rings (SSSR count). The Labute approximate surface area is 372 Å². The normalized spacial score (nSPS) is 13.1. The van der Waals surface area contributed by atoms with Gasteiger partial charge >= 0.3 is 0 Å². The number of furan rings is 1. The standard InChI is InChI=1S/C61H41NO2/c1-61(2)55-21-10-8-17-48(55)49-31-28-44(36-56(49)61)62(43-26-23-39(24-27-43)46-19-12-20-52-50-18-9-11-22-57(50)64-60(46)52)45-29-32-51-47-30-25-42(38-13-4-3-5-14-38)33-53(47)54-34-40-15-6-7-16-41(40)35-58(54)63-59(51)37-45/h3-37H,1-2H3. The van der Waals surface area contributed by atoms with E-state index in [1.54, 1.807) is 0 Å². The molecule has 0 fully saturated rings. The molecule has 0 saturated heterocycles. The Balaban J connectivity index is 0.986. The molecule has 0 bridgehead atoms. The van der Waals surface area contributed by atoms with Gasteiger partial charge in [0.1, 0.15) is 22.7 Å². The van der Waals surface area contributed by atoms with Crippen LogP contribution in [0.5, 0.6) is 11.5 Å². The van der Waals surface area contributed by atoms with Crippen molar-refractivity contribution in [1.29, 1.82) is 0 Å². The number of anilines is 3. The van der Waals surface area contributed by atoms with Crippen molar-refractivity contribution in [3.63, 3.8) is 0 Å². The van der Waals surface area contributed by atoms with Crippen LogP contribution in [0.25, 0.3) is 88.3 Å². The first-order chi connectivity index (χ1) is 31.5. The number of para-hydroxylation sites is 2. The van der Waals surface area contributed by atoms with Crippen molar-refractivity contribution in [1.82, 2.24) is 0 Å². The van der Waals surface area contributed by atoms with Gasteiger partial charge in [0.15, 0.2) is 0 Å². The lowest BCUT2D eigenvalue weighted by Gasteiger charge is -2.29. The maximum absolute atomic E-state index is 7.16. The van der Waals surface area contributed by atoms with Crippen molar-refractivity contribution >= 4 is 49.8 Å². The smallest absolute Gasteiger partial charge is 0.143 e. The van der Waals surface area contributed by atoms with Gasteiger partial charge in [-0.25, -0.2) is 0 Å². The van der Waals surface area contributed by atoms with E-state index in [4.69, 9.17) is 9.15 Å². The highest BCUT2D eigenvalue weighted by Crippen LogP contribution is 2.53. The zero-order valence-electron chi connectivity index (χ0n) is 35.5. The van der Waals surface area contributed by atoms with Gasteiger partial charge in [-0.3, -0.25) is 0 Å². The predicted molar refractivity (Wildman–Crippen MR) is 265 cm³/mol. The van der Waals surface area contributed by atoms with Gasteiger partial charge in [0.2, 0.25) is 0 Å². The third kappa shape index (κ3) is 5.60. The van der Waals surface area contributed by atoms with Gasteiger partial charge in [-0.2, -0.15) is 0 Å². The third-order valence-corrected chi connectivity index (χ3v) is 13.7. The highest BCUT2D eigenvalue weighted by molar-refractivity contribution is 6.09. The van der Waals surface area contributed by atoms with Crippen molar-refractivity contribution < 1.29 is 9.15 Å². The Bertz CT molecular complexity index is 3670. The average molecular weight is 820 g/mol. The van der Waals surface area contributed by atoms with Crippen molar-refractivity contribution in [2.24, 2.45) is 0 Å². The number of rotatable bonds is 5. The van der Waals surface area contributed by atoms with Gasteiger partial charge in [-0.1, -0.05) is 159 Å². The maximum atomic E-state index is 7.16. The van der Waals surface area contributed by atoms with Crippen molar-refractivity contribution in [3.8, 4) is 67.1 Å². The first-order valence-corrected chi connectivity index (χ1v) is 22.1. The second kappa shape index (κ2) is 13.9. The molecule has 0 radical (unpaired) electrons. The maximum Gasteiger partial charge on any atom is 0.143 e. The first kappa shape index (κ1) is 36.5. The monoisotopic (exact) mass is 819 g/mol. The van der Waals surface area contributed by atoms with Crippen LogP contribution < -0.4 is 9.64 Å². The van der Waals surface area contributed by atoms with Crippen LogP contribution in [-0.4, -0.2) is 0 Å². The van der Waals surface area contributed by atoms with E-state index >= 15 is 0 Å². The molecular weight excluding hydrogens is 779 g/mol. The number of hydrogen-bond acceptors (Lipinski definition) is 3. The number of fused-ring (bicyclic) bond motifs is 12. The van der Waals surface area contributed by atoms with Crippen LogP contribution in [0.15, 0.2) is 217 Å². The molecule has 0 amide bonds.